The molecule has 128 valence electrons. The summed E-state index contributed by atoms with van der Waals surface area (Å²) in [5.41, 5.74) is -0.357. The van der Waals surface area contributed by atoms with Crippen LogP contribution in [0.1, 0.15) is 5.56 Å². The minimum absolute atomic E-state index is 0.357. The van der Waals surface area contributed by atoms with E-state index >= 15 is 0 Å². The summed E-state index contributed by atoms with van der Waals surface area (Å²) >= 11 is 0. The maximum absolute atomic E-state index is 13.7. The van der Waals surface area contributed by atoms with Gasteiger partial charge in [-0.15, -0.1) is 0 Å². The number of aromatic nitrogens is 2. The molecule has 1 saturated heterocycles. The van der Waals surface area contributed by atoms with Crippen LogP contribution in [0, 0.1) is 11.6 Å². The molecule has 1 aromatic carbocycles. The van der Waals surface area contributed by atoms with Gasteiger partial charge in [0.2, 0.25) is 0 Å². The molecule has 2 aromatic rings. The van der Waals surface area contributed by atoms with E-state index in [0.29, 0.717) is 44.1 Å². The van der Waals surface area contributed by atoms with Crippen molar-refractivity contribution in [2.75, 3.05) is 31.1 Å². The predicted molar refractivity (Wildman–Crippen MR) is 86.2 cm³/mol. The van der Waals surface area contributed by atoms with E-state index in [-0.39, 0.29) is 5.56 Å². The Morgan fingerprint density at radius 2 is 1.79 bits per heavy atom. The number of rotatable bonds is 3. The van der Waals surface area contributed by atoms with E-state index in [4.69, 9.17) is 0 Å². The van der Waals surface area contributed by atoms with E-state index in [0.717, 1.165) is 10.6 Å². The van der Waals surface area contributed by atoms with Crippen molar-refractivity contribution in [2.24, 2.45) is 7.05 Å². The Labute approximate surface area is 136 Å². The molecule has 2 heterocycles. The third kappa shape index (κ3) is 3.38. The molecule has 24 heavy (non-hydrogen) atoms. The largest absolute Gasteiger partial charge is 0.355 e. The Hall–Kier alpha value is -2.48. The molecule has 1 aliphatic rings. The monoisotopic (exact) mass is 336 g/mol. The molecular formula is C16H18F2N4O2. The fourth-order valence-corrected chi connectivity index (χ4v) is 2.75. The van der Waals surface area contributed by atoms with E-state index in [2.05, 4.69) is 4.98 Å². The average molecular weight is 336 g/mol. The summed E-state index contributed by atoms with van der Waals surface area (Å²) < 4.78 is 27.7. The number of aromatic amines is 1. The van der Waals surface area contributed by atoms with Crippen LogP contribution in [0.3, 0.4) is 0 Å². The quantitative estimate of drug-likeness (QED) is 0.895. The van der Waals surface area contributed by atoms with Gasteiger partial charge in [-0.3, -0.25) is 19.2 Å². The second-order valence-corrected chi connectivity index (χ2v) is 5.86. The standard InChI is InChI=1S/C16H18F2N4O2/c1-20-15(23)9-14(19-16(20)24)22-6-4-21(5-7-22)10-11-2-3-12(17)8-13(11)18/h2-3,8-9H,4-7,10H2,1H3,(H,19,24). The molecule has 3 rings (SSSR count). The van der Waals surface area contributed by atoms with E-state index < -0.39 is 17.3 Å². The molecule has 0 atom stereocenters. The fraction of sp³-hybridized carbons (Fsp3) is 0.375. The molecule has 6 nitrogen and oxygen atoms in total. The number of nitrogens with zero attached hydrogens (tertiary/aromatic N) is 3. The van der Waals surface area contributed by atoms with Gasteiger partial charge in [-0.25, -0.2) is 13.6 Å². The van der Waals surface area contributed by atoms with Gasteiger partial charge in [0.25, 0.3) is 5.56 Å². The molecule has 0 amide bonds. The zero-order chi connectivity index (χ0) is 17.3. The van der Waals surface area contributed by atoms with Crippen LogP contribution in [0.2, 0.25) is 0 Å². The first-order valence-electron chi connectivity index (χ1n) is 7.65. The van der Waals surface area contributed by atoms with Crippen molar-refractivity contribution in [2.45, 2.75) is 6.54 Å². The van der Waals surface area contributed by atoms with E-state index in [1.54, 1.807) is 0 Å². The minimum Gasteiger partial charge on any atom is -0.355 e. The summed E-state index contributed by atoms with van der Waals surface area (Å²) in [5, 5.41) is 0. The Balaban J connectivity index is 1.65. The van der Waals surface area contributed by atoms with Crippen LogP contribution in [0.15, 0.2) is 33.9 Å². The highest BCUT2D eigenvalue weighted by atomic mass is 19.1. The van der Waals surface area contributed by atoms with Crippen LogP contribution < -0.4 is 16.1 Å². The second kappa shape index (κ2) is 6.56. The van der Waals surface area contributed by atoms with Gasteiger partial charge >= 0.3 is 5.69 Å². The smallest absolute Gasteiger partial charge is 0.329 e. The Bertz CT molecular complexity index is 823. The first-order valence-corrected chi connectivity index (χ1v) is 7.65. The third-order valence-electron chi connectivity index (χ3n) is 4.25. The van der Waals surface area contributed by atoms with Gasteiger partial charge < -0.3 is 4.90 Å². The van der Waals surface area contributed by atoms with Gasteiger partial charge in [0.1, 0.15) is 17.5 Å². The number of benzene rings is 1. The number of piperazine rings is 1. The summed E-state index contributed by atoms with van der Waals surface area (Å²) in [4.78, 5) is 30.0. The molecule has 0 aliphatic carbocycles. The molecule has 1 N–H and O–H groups in total. The van der Waals surface area contributed by atoms with Crippen LogP contribution in [0.25, 0.3) is 0 Å². The van der Waals surface area contributed by atoms with Gasteiger partial charge in [-0.1, -0.05) is 6.07 Å². The van der Waals surface area contributed by atoms with Crippen LogP contribution in [0.4, 0.5) is 14.6 Å². The van der Waals surface area contributed by atoms with Gasteiger partial charge in [0.15, 0.2) is 0 Å². The highest BCUT2D eigenvalue weighted by Crippen LogP contribution is 2.15. The average Bonchev–Trinajstić information content (AvgIpc) is 2.55. The molecule has 0 saturated carbocycles. The summed E-state index contributed by atoms with van der Waals surface area (Å²) in [5.74, 6) is -0.639. The molecule has 0 radical (unpaired) electrons. The first kappa shape index (κ1) is 16.4. The first-order chi connectivity index (χ1) is 11.4. The highest BCUT2D eigenvalue weighted by molar-refractivity contribution is 5.37. The number of anilines is 1. The van der Waals surface area contributed by atoms with Crippen molar-refractivity contribution in [3.63, 3.8) is 0 Å². The molecule has 1 aliphatic heterocycles. The Kier molecular flexibility index (Phi) is 4.48. The fourth-order valence-electron chi connectivity index (χ4n) is 2.75. The number of nitrogens with one attached hydrogen (secondary N) is 1. The van der Waals surface area contributed by atoms with Crippen molar-refractivity contribution in [3.05, 3.63) is 62.3 Å². The zero-order valence-electron chi connectivity index (χ0n) is 13.3. The minimum atomic E-state index is -0.587. The second-order valence-electron chi connectivity index (χ2n) is 5.86. The Morgan fingerprint density at radius 1 is 1.08 bits per heavy atom. The van der Waals surface area contributed by atoms with Crippen LogP contribution in [0.5, 0.6) is 0 Å². The van der Waals surface area contributed by atoms with E-state index in [9.17, 15) is 18.4 Å². The normalized spacial score (nSPS) is 15.7. The molecule has 0 bridgehead atoms. The highest BCUT2D eigenvalue weighted by Gasteiger charge is 2.19. The van der Waals surface area contributed by atoms with E-state index in [1.807, 2.05) is 9.80 Å². The van der Waals surface area contributed by atoms with Crippen molar-refractivity contribution in [1.82, 2.24) is 14.5 Å². The lowest BCUT2D eigenvalue weighted by Crippen LogP contribution is -2.47. The van der Waals surface area contributed by atoms with Gasteiger partial charge in [-0.05, 0) is 6.07 Å². The number of hydrogen-bond donors (Lipinski definition) is 1. The molecular weight excluding hydrogens is 318 g/mol. The topological polar surface area (TPSA) is 61.3 Å². The lowest BCUT2D eigenvalue weighted by molar-refractivity contribution is 0.246. The van der Waals surface area contributed by atoms with Crippen molar-refractivity contribution in [1.29, 1.82) is 0 Å². The van der Waals surface area contributed by atoms with Gasteiger partial charge in [0.05, 0.1) is 0 Å². The summed E-state index contributed by atoms with van der Waals surface area (Å²) in [6.45, 7) is 2.90. The van der Waals surface area contributed by atoms with Crippen molar-refractivity contribution in [3.8, 4) is 0 Å². The number of H-pyrrole nitrogens is 1. The van der Waals surface area contributed by atoms with Gasteiger partial charge in [0, 0.05) is 57.5 Å². The zero-order valence-corrected chi connectivity index (χ0v) is 13.3. The number of halogens is 2. The molecule has 0 spiro atoms. The Morgan fingerprint density at radius 3 is 2.42 bits per heavy atom. The maximum Gasteiger partial charge on any atom is 0.329 e. The molecule has 0 unspecified atom stereocenters. The molecule has 1 aromatic heterocycles. The van der Waals surface area contributed by atoms with Crippen LogP contribution in [-0.4, -0.2) is 40.6 Å². The lowest BCUT2D eigenvalue weighted by Gasteiger charge is -2.35. The summed E-state index contributed by atoms with van der Waals surface area (Å²) in [6.07, 6.45) is 0. The maximum atomic E-state index is 13.7. The van der Waals surface area contributed by atoms with Crippen LogP contribution in [-0.2, 0) is 13.6 Å². The SMILES string of the molecule is Cn1c(=O)cc(N2CCN(Cc3ccc(F)cc3F)CC2)[nH]c1=O. The summed E-state index contributed by atoms with van der Waals surface area (Å²) in [7, 11) is 1.42. The molecule has 1 fully saturated rings. The summed E-state index contributed by atoms with van der Waals surface area (Å²) in [6, 6.07) is 4.99. The molecule has 8 heteroatoms. The van der Waals surface area contributed by atoms with Crippen LogP contribution >= 0.6 is 0 Å². The van der Waals surface area contributed by atoms with Gasteiger partial charge in [-0.2, -0.15) is 0 Å². The van der Waals surface area contributed by atoms with Crippen molar-refractivity contribution < 1.29 is 8.78 Å². The third-order valence-corrected chi connectivity index (χ3v) is 4.25. The van der Waals surface area contributed by atoms with E-state index in [1.165, 1.54) is 25.2 Å². The number of hydrogen-bond acceptors (Lipinski definition) is 4. The van der Waals surface area contributed by atoms with Crippen molar-refractivity contribution >= 4 is 5.82 Å². The predicted octanol–water partition coefficient (Wildman–Crippen LogP) is 0.674. The lowest BCUT2D eigenvalue weighted by atomic mass is 10.2.